The molecule has 0 bridgehead atoms. The molecule has 3 heterocycles. The number of hydrogen-bond donors (Lipinski definition) is 1. The van der Waals surface area contributed by atoms with Gasteiger partial charge in [-0.2, -0.15) is 0 Å². The number of nitrogens with zero attached hydrogens (tertiary/aromatic N) is 4. The first kappa shape index (κ1) is 19.9. The molecule has 1 atom stereocenters. The Balaban J connectivity index is 1.29. The van der Waals surface area contributed by atoms with Crippen LogP contribution in [0.4, 0.5) is 11.4 Å². The summed E-state index contributed by atoms with van der Waals surface area (Å²) in [5.41, 5.74) is 5.54. The zero-order valence-electron chi connectivity index (χ0n) is 17.9. The number of aryl methyl sites for hydroxylation is 2. The highest BCUT2D eigenvalue weighted by Crippen LogP contribution is 2.28. The fourth-order valence-electron chi connectivity index (χ4n) is 4.05. The molecule has 2 amide bonds. The third kappa shape index (κ3) is 3.51. The first-order valence-electron chi connectivity index (χ1n) is 10.6. The van der Waals surface area contributed by atoms with Crippen LogP contribution in [0.2, 0.25) is 0 Å². The Morgan fingerprint density at radius 3 is 2.66 bits per heavy atom. The van der Waals surface area contributed by atoms with Gasteiger partial charge in [-0.05, 0) is 67.8 Å². The number of nitrogens with one attached hydrogen (secondary N) is 1. The number of anilines is 2. The van der Waals surface area contributed by atoms with Crippen molar-refractivity contribution in [3.05, 3.63) is 78.2 Å². The Bertz CT molecular complexity index is 1330. The van der Waals surface area contributed by atoms with Gasteiger partial charge in [-0.3, -0.25) is 14.2 Å². The minimum Gasteiger partial charge on any atom is -0.324 e. The topological polar surface area (TPSA) is 80.1 Å². The van der Waals surface area contributed by atoms with Crippen LogP contribution in [0, 0.1) is 19.8 Å². The van der Waals surface area contributed by atoms with Crippen molar-refractivity contribution < 1.29 is 9.59 Å². The average Bonchev–Trinajstić information content (AvgIpc) is 3.40. The summed E-state index contributed by atoms with van der Waals surface area (Å²) in [4.78, 5) is 36.3. The second-order valence-electron chi connectivity index (χ2n) is 8.10. The molecular weight excluding hydrogens is 402 g/mol. The number of rotatable bonds is 4. The fourth-order valence-corrected chi connectivity index (χ4v) is 4.05. The second-order valence-corrected chi connectivity index (χ2v) is 8.10. The monoisotopic (exact) mass is 425 g/mol. The van der Waals surface area contributed by atoms with Crippen molar-refractivity contribution in [2.24, 2.45) is 5.92 Å². The van der Waals surface area contributed by atoms with Gasteiger partial charge < -0.3 is 10.2 Å². The maximum atomic E-state index is 12.9. The zero-order chi connectivity index (χ0) is 22.2. The number of amides is 2. The second kappa shape index (κ2) is 7.92. The van der Waals surface area contributed by atoms with Crippen molar-refractivity contribution in [3.63, 3.8) is 0 Å². The molecule has 5 rings (SSSR count). The first-order valence-corrected chi connectivity index (χ1v) is 10.6. The van der Waals surface area contributed by atoms with Crippen molar-refractivity contribution >= 4 is 34.2 Å². The van der Waals surface area contributed by atoms with E-state index in [9.17, 15) is 9.59 Å². The van der Waals surface area contributed by atoms with E-state index >= 15 is 0 Å². The molecule has 32 heavy (non-hydrogen) atoms. The summed E-state index contributed by atoms with van der Waals surface area (Å²) in [5, 5.41) is 2.84. The van der Waals surface area contributed by atoms with E-state index in [4.69, 9.17) is 0 Å². The molecule has 2 aromatic heterocycles. The van der Waals surface area contributed by atoms with Gasteiger partial charge in [0, 0.05) is 12.2 Å². The van der Waals surface area contributed by atoms with Crippen LogP contribution in [0.5, 0.6) is 0 Å². The van der Waals surface area contributed by atoms with E-state index in [-0.39, 0.29) is 11.8 Å². The van der Waals surface area contributed by atoms with Gasteiger partial charge in [-0.15, -0.1) is 0 Å². The van der Waals surface area contributed by atoms with Crippen LogP contribution in [-0.2, 0) is 9.59 Å². The number of aromatic nitrogens is 3. The predicted octanol–water partition coefficient (Wildman–Crippen LogP) is 4.03. The standard InChI is InChI=1S/C25H23N5O2/c1-16-7-9-19(13-17(16)2)29-12-11-20(25(29)32)24(31)28-18-8-10-23(26-14-18)30-15-27-21-5-3-4-6-22(21)30/h3-10,13-15,20H,11-12H2,1-2H3,(H,28,31). The quantitative estimate of drug-likeness (QED) is 0.501. The Morgan fingerprint density at radius 2 is 1.88 bits per heavy atom. The third-order valence-electron chi connectivity index (χ3n) is 6.04. The van der Waals surface area contributed by atoms with Crippen LogP contribution in [0.25, 0.3) is 16.9 Å². The molecule has 0 saturated carbocycles. The number of fused-ring (bicyclic) bond motifs is 1. The number of hydrogen-bond acceptors (Lipinski definition) is 4. The molecule has 7 nitrogen and oxygen atoms in total. The van der Waals surface area contributed by atoms with Crippen molar-refractivity contribution in [2.45, 2.75) is 20.3 Å². The van der Waals surface area contributed by atoms with E-state index in [2.05, 4.69) is 15.3 Å². The summed E-state index contributed by atoms with van der Waals surface area (Å²) in [6, 6.07) is 17.4. The normalized spacial score (nSPS) is 16.0. The molecule has 0 aliphatic carbocycles. The number of para-hydroxylation sites is 2. The van der Waals surface area contributed by atoms with Crippen LogP contribution in [0.3, 0.4) is 0 Å². The van der Waals surface area contributed by atoms with Gasteiger partial charge >= 0.3 is 0 Å². The molecule has 1 aliphatic heterocycles. The summed E-state index contributed by atoms with van der Waals surface area (Å²) in [6.45, 7) is 4.59. The molecule has 4 aromatic rings. The van der Waals surface area contributed by atoms with E-state index in [1.807, 2.05) is 66.9 Å². The van der Waals surface area contributed by atoms with Crippen molar-refractivity contribution in [1.82, 2.24) is 14.5 Å². The maximum absolute atomic E-state index is 12.9. The molecular formula is C25H23N5O2. The van der Waals surface area contributed by atoms with Gasteiger partial charge in [0.2, 0.25) is 11.8 Å². The molecule has 7 heteroatoms. The van der Waals surface area contributed by atoms with Gasteiger partial charge in [0.05, 0.1) is 22.9 Å². The summed E-state index contributed by atoms with van der Waals surface area (Å²) >= 11 is 0. The number of carbonyl (C=O) groups is 2. The number of imidazole rings is 1. The average molecular weight is 425 g/mol. The fraction of sp³-hybridized carbons (Fsp3) is 0.200. The minimum absolute atomic E-state index is 0.166. The Kier molecular flexibility index (Phi) is 4.93. The Hall–Kier alpha value is -4.00. The summed E-state index contributed by atoms with van der Waals surface area (Å²) < 4.78 is 1.89. The number of pyridine rings is 1. The minimum atomic E-state index is -0.700. The maximum Gasteiger partial charge on any atom is 0.239 e. The molecule has 1 fully saturated rings. The lowest BCUT2D eigenvalue weighted by molar-refractivity contribution is -0.129. The van der Waals surface area contributed by atoms with Crippen molar-refractivity contribution in [3.8, 4) is 5.82 Å². The van der Waals surface area contributed by atoms with Crippen molar-refractivity contribution in [2.75, 3.05) is 16.8 Å². The van der Waals surface area contributed by atoms with Gasteiger partial charge in [0.25, 0.3) is 0 Å². The van der Waals surface area contributed by atoms with Crippen LogP contribution < -0.4 is 10.2 Å². The lowest BCUT2D eigenvalue weighted by atomic mass is 10.1. The van der Waals surface area contributed by atoms with Crippen LogP contribution in [-0.4, -0.2) is 32.9 Å². The third-order valence-corrected chi connectivity index (χ3v) is 6.04. The van der Waals surface area contributed by atoms with Gasteiger partial charge in [0.1, 0.15) is 18.1 Å². The van der Waals surface area contributed by atoms with Gasteiger partial charge in [-0.1, -0.05) is 18.2 Å². The summed E-state index contributed by atoms with van der Waals surface area (Å²) in [5.74, 6) is -0.465. The van der Waals surface area contributed by atoms with E-state index in [1.54, 1.807) is 23.5 Å². The molecule has 1 saturated heterocycles. The first-order chi connectivity index (χ1) is 15.5. The van der Waals surface area contributed by atoms with E-state index in [0.717, 1.165) is 22.3 Å². The molecule has 0 radical (unpaired) electrons. The van der Waals surface area contributed by atoms with E-state index in [1.165, 1.54) is 5.56 Å². The highest BCUT2D eigenvalue weighted by Gasteiger charge is 2.37. The Morgan fingerprint density at radius 1 is 1.03 bits per heavy atom. The SMILES string of the molecule is Cc1ccc(N2CCC(C(=O)Nc3ccc(-n4cnc5ccccc54)nc3)C2=O)cc1C. The van der Waals surface area contributed by atoms with Gasteiger partial charge in [-0.25, -0.2) is 9.97 Å². The number of carbonyl (C=O) groups excluding carboxylic acids is 2. The highest BCUT2D eigenvalue weighted by molar-refractivity contribution is 6.13. The van der Waals surface area contributed by atoms with Crippen LogP contribution in [0.1, 0.15) is 17.5 Å². The molecule has 0 spiro atoms. The van der Waals surface area contributed by atoms with Gasteiger partial charge in [0.15, 0.2) is 0 Å². The summed E-state index contributed by atoms with van der Waals surface area (Å²) in [6.07, 6.45) is 3.82. The predicted molar refractivity (Wildman–Crippen MR) is 124 cm³/mol. The molecule has 1 unspecified atom stereocenters. The largest absolute Gasteiger partial charge is 0.324 e. The highest BCUT2D eigenvalue weighted by atomic mass is 16.2. The summed E-state index contributed by atoms with van der Waals surface area (Å²) in [7, 11) is 0. The molecule has 2 aromatic carbocycles. The van der Waals surface area contributed by atoms with Crippen molar-refractivity contribution in [1.29, 1.82) is 0 Å². The Labute approximate surface area is 185 Å². The van der Waals surface area contributed by atoms with E-state index in [0.29, 0.717) is 24.5 Å². The number of benzene rings is 2. The molecule has 160 valence electrons. The zero-order valence-corrected chi connectivity index (χ0v) is 17.9. The molecule has 1 N–H and O–H groups in total. The smallest absolute Gasteiger partial charge is 0.239 e. The lowest BCUT2D eigenvalue weighted by Crippen LogP contribution is -2.33. The van der Waals surface area contributed by atoms with Crippen LogP contribution >= 0.6 is 0 Å². The van der Waals surface area contributed by atoms with Crippen LogP contribution in [0.15, 0.2) is 67.1 Å². The van der Waals surface area contributed by atoms with E-state index < -0.39 is 5.92 Å². The lowest BCUT2D eigenvalue weighted by Gasteiger charge is -2.18. The molecule has 1 aliphatic rings.